The number of rotatable bonds is 4. The van der Waals surface area contributed by atoms with Gasteiger partial charge in [0.1, 0.15) is 5.75 Å². The Balaban J connectivity index is 1.23. The molecule has 4 heterocycles. The fourth-order valence-corrected chi connectivity index (χ4v) is 7.04. The number of carbonyl (C=O) groups excluding carboxylic acids is 1. The van der Waals surface area contributed by atoms with Gasteiger partial charge in [0.25, 0.3) is 5.56 Å². The van der Waals surface area contributed by atoms with E-state index < -0.39 is 10.0 Å². The highest BCUT2D eigenvalue weighted by molar-refractivity contribution is 7.89. The molecule has 0 unspecified atom stereocenters. The number of hydrogen-bond acceptors (Lipinski definition) is 5. The topological polar surface area (TPSA) is 88.9 Å². The van der Waals surface area contributed by atoms with Gasteiger partial charge in [0.2, 0.25) is 15.9 Å². The number of ether oxygens (including phenoxy) is 1. The van der Waals surface area contributed by atoms with Crippen molar-refractivity contribution in [2.75, 3.05) is 33.3 Å². The Morgan fingerprint density at radius 3 is 2.42 bits per heavy atom. The van der Waals surface area contributed by atoms with E-state index in [2.05, 4.69) is 0 Å². The molecule has 1 aromatic heterocycles. The van der Waals surface area contributed by atoms with Crippen molar-refractivity contribution >= 4 is 15.9 Å². The Labute approximate surface area is 193 Å². The zero-order valence-electron chi connectivity index (χ0n) is 18.7. The molecule has 1 aromatic carbocycles. The quantitative estimate of drug-likeness (QED) is 0.680. The first-order valence-electron chi connectivity index (χ1n) is 11.5. The average molecular weight is 472 g/mol. The number of aromatic nitrogens is 1. The number of hydrogen-bond donors (Lipinski definition) is 0. The van der Waals surface area contributed by atoms with Gasteiger partial charge in [-0.3, -0.25) is 9.59 Å². The zero-order chi connectivity index (χ0) is 23.2. The lowest BCUT2D eigenvalue weighted by molar-refractivity contribution is -0.139. The van der Waals surface area contributed by atoms with Crippen LogP contribution in [0.1, 0.15) is 30.9 Å². The fraction of sp³-hybridized carbons (Fsp3) is 0.500. The molecule has 3 aliphatic rings. The number of benzene rings is 1. The maximum absolute atomic E-state index is 13.3. The van der Waals surface area contributed by atoms with E-state index in [1.54, 1.807) is 43.5 Å². The van der Waals surface area contributed by atoms with Crippen molar-refractivity contribution in [1.29, 1.82) is 0 Å². The van der Waals surface area contributed by atoms with Crippen LogP contribution in [0.2, 0.25) is 0 Å². The molecule has 0 N–H and O–H groups in total. The van der Waals surface area contributed by atoms with Crippen molar-refractivity contribution in [1.82, 2.24) is 13.8 Å². The van der Waals surface area contributed by atoms with Crippen LogP contribution in [-0.2, 0) is 21.4 Å². The van der Waals surface area contributed by atoms with Crippen LogP contribution in [0.5, 0.6) is 5.75 Å². The average Bonchev–Trinajstić information content (AvgIpc) is 2.84. The van der Waals surface area contributed by atoms with Gasteiger partial charge in [0, 0.05) is 56.3 Å². The largest absolute Gasteiger partial charge is 0.497 e. The molecule has 1 amide bonds. The predicted molar refractivity (Wildman–Crippen MR) is 123 cm³/mol. The van der Waals surface area contributed by atoms with E-state index in [0.717, 1.165) is 12.1 Å². The second kappa shape index (κ2) is 8.61. The highest BCUT2D eigenvalue weighted by atomic mass is 32.2. The summed E-state index contributed by atoms with van der Waals surface area (Å²) in [7, 11) is -2.05. The van der Waals surface area contributed by atoms with E-state index in [1.807, 2.05) is 15.5 Å². The Bertz CT molecular complexity index is 1200. The number of pyridine rings is 1. The second-order valence-corrected chi connectivity index (χ2v) is 11.2. The van der Waals surface area contributed by atoms with Gasteiger partial charge in [-0.2, -0.15) is 4.31 Å². The summed E-state index contributed by atoms with van der Waals surface area (Å²) >= 11 is 0. The molecule has 3 aliphatic heterocycles. The highest BCUT2D eigenvalue weighted by Crippen LogP contribution is 2.36. The van der Waals surface area contributed by atoms with Gasteiger partial charge in [0.15, 0.2) is 0 Å². The van der Waals surface area contributed by atoms with Crippen LogP contribution in [0, 0.1) is 11.8 Å². The first-order chi connectivity index (χ1) is 15.9. The number of nitrogens with zero attached hydrogens (tertiary/aromatic N) is 3. The van der Waals surface area contributed by atoms with Gasteiger partial charge < -0.3 is 14.2 Å². The summed E-state index contributed by atoms with van der Waals surface area (Å²) in [5, 5.41) is 0. The van der Waals surface area contributed by atoms with E-state index >= 15 is 0 Å². The number of methoxy groups -OCH3 is 1. The van der Waals surface area contributed by atoms with Crippen LogP contribution in [0.25, 0.3) is 0 Å². The minimum Gasteiger partial charge on any atom is -0.497 e. The number of likely N-dealkylation sites (tertiary alicyclic amines) is 1. The Morgan fingerprint density at radius 2 is 1.73 bits per heavy atom. The number of piperidine rings is 2. The van der Waals surface area contributed by atoms with Gasteiger partial charge >= 0.3 is 0 Å². The minimum atomic E-state index is -3.59. The van der Waals surface area contributed by atoms with E-state index in [1.165, 1.54) is 4.31 Å². The number of amides is 1. The van der Waals surface area contributed by atoms with Gasteiger partial charge in [-0.15, -0.1) is 0 Å². The van der Waals surface area contributed by atoms with E-state index in [-0.39, 0.29) is 34.1 Å². The molecule has 5 rings (SSSR count). The molecule has 2 bridgehead atoms. The fourth-order valence-electron chi connectivity index (χ4n) is 5.57. The Morgan fingerprint density at radius 1 is 1.00 bits per heavy atom. The Hall–Kier alpha value is -2.65. The lowest BCUT2D eigenvalue weighted by Crippen LogP contribution is -2.52. The van der Waals surface area contributed by atoms with E-state index in [9.17, 15) is 18.0 Å². The molecule has 9 heteroatoms. The number of carbonyl (C=O) groups is 1. The summed E-state index contributed by atoms with van der Waals surface area (Å²) in [4.78, 5) is 27.8. The number of sulfonamides is 1. The van der Waals surface area contributed by atoms with E-state index in [4.69, 9.17) is 4.74 Å². The highest BCUT2D eigenvalue weighted by Gasteiger charge is 2.39. The minimum absolute atomic E-state index is 0.0346. The van der Waals surface area contributed by atoms with Crippen molar-refractivity contribution in [3.05, 3.63) is 58.5 Å². The zero-order valence-corrected chi connectivity index (χ0v) is 19.5. The van der Waals surface area contributed by atoms with Crippen molar-refractivity contribution in [3.8, 4) is 5.75 Å². The van der Waals surface area contributed by atoms with Crippen LogP contribution in [-0.4, -0.2) is 61.4 Å². The molecule has 2 atom stereocenters. The van der Waals surface area contributed by atoms with Crippen LogP contribution >= 0.6 is 0 Å². The Kier molecular flexibility index (Phi) is 5.78. The molecule has 33 heavy (non-hydrogen) atoms. The standard InChI is InChI=1S/C24H29N3O5S/c1-32-20-5-7-21(8-6-20)33(30,31)26-11-9-18(10-12-26)24(29)25-14-17-13-19(16-25)22-3-2-4-23(28)27(22)15-17/h2-8,17-19H,9-16H2,1H3/t17-,19-/m0/s1. The maximum Gasteiger partial charge on any atom is 0.250 e. The van der Waals surface area contributed by atoms with Crippen molar-refractivity contribution < 1.29 is 17.9 Å². The molecule has 8 nitrogen and oxygen atoms in total. The van der Waals surface area contributed by atoms with Crippen molar-refractivity contribution in [2.45, 2.75) is 36.6 Å². The molecule has 0 saturated carbocycles. The van der Waals surface area contributed by atoms with Crippen molar-refractivity contribution in [3.63, 3.8) is 0 Å². The SMILES string of the molecule is COc1ccc(S(=O)(=O)N2CCC(C(=O)N3C[C@@H]4C[C@@H](C3)c3cccc(=O)n3C4)CC2)cc1. The lowest BCUT2D eigenvalue weighted by atomic mass is 9.82. The summed E-state index contributed by atoms with van der Waals surface area (Å²) in [6, 6.07) is 11.8. The van der Waals surface area contributed by atoms with Crippen LogP contribution < -0.4 is 10.3 Å². The molecule has 0 radical (unpaired) electrons. The number of fused-ring (bicyclic) bond motifs is 4. The maximum atomic E-state index is 13.3. The summed E-state index contributed by atoms with van der Waals surface area (Å²) in [6.07, 6.45) is 2.05. The first-order valence-corrected chi connectivity index (χ1v) is 12.9. The molecule has 176 valence electrons. The monoisotopic (exact) mass is 471 g/mol. The third-order valence-electron chi connectivity index (χ3n) is 7.29. The van der Waals surface area contributed by atoms with Gasteiger partial charge in [-0.25, -0.2) is 8.42 Å². The molecule has 2 fully saturated rings. The van der Waals surface area contributed by atoms with Crippen molar-refractivity contribution in [2.24, 2.45) is 11.8 Å². The summed E-state index contributed by atoms with van der Waals surface area (Å²) in [5.41, 5.74) is 1.06. The van der Waals surface area contributed by atoms with Crippen LogP contribution in [0.4, 0.5) is 0 Å². The smallest absolute Gasteiger partial charge is 0.250 e. The molecule has 0 spiro atoms. The predicted octanol–water partition coefficient (Wildman–Crippen LogP) is 1.90. The van der Waals surface area contributed by atoms with Gasteiger partial charge in [0.05, 0.1) is 12.0 Å². The lowest BCUT2D eigenvalue weighted by Gasteiger charge is -2.44. The summed E-state index contributed by atoms with van der Waals surface area (Å²) in [6.45, 7) is 2.63. The normalized spacial score (nSPS) is 23.7. The van der Waals surface area contributed by atoms with Gasteiger partial charge in [-0.1, -0.05) is 6.07 Å². The molecular weight excluding hydrogens is 442 g/mol. The summed E-state index contributed by atoms with van der Waals surface area (Å²) in [5.74, 6) is 1.04. The van der Waals surface area contributed by atoms with Crippen LogP contribution in [0.3, 0.4) is 0 Å². The third kappa shape index (κ3) is 4.08. The summed E-state index contributed by atoms with van der Waals surface area (Å²) < 4.78 is 34.5. The first kappa shape index (κ1) is 22.2. The molecule has 2 aromatic rings. The van der Waals surface area contributed by atoms with Gasteiger partial charge in [-0.05, 0) is 55.5 Å². The van der Waals surface area contributed by atoms with Crippen LogP contribution in [0.15, 0.2) is 52.2 Å². The second-order valence-electron chi connectivity index (χ2n) is 9.30. The molecule has 0 aliphatic carbocycles. The molecular formula is C24H29N3O5S. The van der Waals surface area contributed by atoms with E-state index in [0.29, 0.717) is 51.3 Å². The third-order valence-corrected chi connectivity index (χ3v) is 9.20. The molecule has 2 saturated heterocycles.